The second-order valence-corrected chi connectivity index (χ2v) is 4.65. The summed E-state index contributed by atoms with van der Waals surface area (Å²) in [6.45, 7) is 0. The third-order valence-electron chi connectivity index (χ3n) is 0.965. The molecule has 0 aromatic heterocycles. The lowest BCUT2D eigenvalue weighted by Gasteiger charge is -2.06. The molecule has 0 rings (SSSR count). The van der Waals surface area contributed by atoms with E-state index in [9.17, 15) is 4.79 Å². The number of hydrogen-bond acceptors (Lipinski definition) is 2. The van der Waals surface area contributed by atoms with Crippen molar-refractivity contribution in [2.75, 3.05) is 12.4 Å². The van der Waals surface area contributed by atoms with E-state index in [1.807, 2.05) is 0 Å². The Balaban J connectivity index is 4.42. The van der Waals surface area contributed by atoms with Crippen molar-refractivity contribution in [3.8, 4) is 0 Å². The van der Waals surface area contributed by atoms with Crippen LogP contribution in [0.4, 0.5) is 0 Å². The van der Waals surface area contributed by atoms with Crippen molar-refractivity contribution in [2.45, 2.75) is 3.79 Å². The summed E-state index contributed by atoms with van der Waals surface area (Å²) in [6, 6.07) is 0. The number of halogens is 4. The van der Waals surface area contributed by atoms with Gasteiger partial charge in [0.2, 0.25) is 5.78 Å². The molecule has 70 valence electrons. The van der Waals surface area contributed by atoms with Crippen LogP contribution in [0.25, 0.3) is 0 Å². The van der Waals surface area contributed by atoms with Crippen LogP contribution in [0.15, 0.2) is 11.8 Å². The number of methoxy groups -OCH3 is 1. The lowest BCUT2D eigenvalue weighted by Crippen LogP contribution is -2.16. The van der Waals surface area contributed by atoms with Crippen LogP contribution in [0.5, 0.6) is 0 Å². The topological polar surface area (TPSA) is 26.3 Å². The smallest absolute Gasteiger partial charge is 0.252 e. The number of ether oxygens (including phenoxy) is 1. The van der Waals surface area contributed by atoms with E-state index in [2.05, 4.69) is 15.9 Å². The Morgan fingerprint density at radius 1 is 1.58 bits per heavy atom. The van der Waals surface area contributed by atoms with Gasteiger partial charge >= 0.3 is 0 Å². The molecule has 0 amide bonds. The summed E-state index contributed by atoms with van der Waals surface area (Å²) in [7, 11) is 1.43. The first-order valence-corrected chi connectivity index (χ1v) is 5.09. The summed E-state index contributed by atoms with van der Waals surface area (Å²) in [6.07, 6.45) is 1.14. The van der Waals surface area contributed by atoms with Crippen molar-refractivity contribution in [3.63, 3.8) is 0 Å². The van der Waals surface area contributed by atoms with Crippen LogP contribution in [-0.2, 0) is 9.53 Å². The Kier molecular flexibility index (Phi) is 5.57. The van der Waals surface area contributed by atoms with Gasteiger partial charge in [0.25, 0.3) is 3.79 Å². The predicted molar refractivity (Wildman–Crippen MR) is 54.2 cm³/mol. The number of carbonyl (C=O) groups excluding carboxylic acids is 1. The molecule has 0 spiro atoms. The standard InChI is InChI=1S/C6H6BrCl3O2/c1-12-4(3-7)2-5(11)6(8,9)10/h2H,3H2,1H3/b4-2-. The normalized spacial score (nSPS) is 12.9. The number of alkyl halides is 4. The fraction of sp³-hybridized carbons (Fsp3) is 0.500. The molecule has 0 aromatic rings. The molecule has 0 fully saturated rings. The molecule has 0 aliphatic carbocycles. The third-order valence-corrected chi connectivity index (χ3v) is 2.08. The lowest BCUT2D eigenvalue weighted by molar-refractivity contribution is -0.114. The zero-order valence-corrected chi connectivity index (χ0v) is 9.97. The molecule has 0 aliphatic heterocycles. The maximum Gasteiger partial charge on any atom is 0.252 e. The van der Waals surface area contributed by atoms with Crippen molar-refractivity contribution in [3.05, 3.63) is 11.8 Å². The molecule has 0 atom stereocenters. The van der Waals surface area contributed by atoms with Crippen molar-refractivity contribution in [1.29, 1.82) is 0 Å². The van der Waals surface area contributed by atoms with Crippen LogP contribution in [0.2, 0.25) is 0 Å². The van der Waals surface area contributed by atoms with Crippen LogP contribution in [0.1, 0.15) is 0 Å². The molecule has 0 radical (unpaired) electrons. The highest BCUT2D eigenvalue weighted by molar-refractivity contribution is 9.09. The summed E-state index contributed by atoms with van der Waals surface area (Å²) in [5, 5.41) is 0.399. The van der Waals surface area contributed by atoms with Gasteiger partial charge in [-0.25, -0.2) is 0 Å². The molecule has 6 heteroatoms. The van der Waals surface area contributed by atoms with Gasteiger partial charge in [-0.15, -0.1) is 0 Å². The van der Waals surface area contributed by atoms with Gasteiger partial charge in [-0.05, 0) is 0 Å². The molecular formula is C6H6BrCl3O2. The quantitative estimate of drug-likeness (QED) is 0.455. The summed E-state index contributed by atoms with van der Waals surface area (Å²) >= 11 is 19.0. The number of rotatable bonds is 3. The number of hydrogen-bond donors (Lipinski definition) is 0. The second-order valence-electron chi connectivity index (χ2n) is 1.81. The van der Waals surface area contributed by atoms with Crippen molar-refractivity contribution >= 4 is 56.5 Å². The highest BCUT2D eigenvalue weighted by Crippen LogP contribution is 2.28. The molecule has 12 heavy (non-hydrogen) atoms. The minimum absolute atomic E-state index is 0.399. The molecule has 0 aliphatic rings. The van der Waals surface area contributed by atoms with E-state index in [1.165, 1.54) is 7.11 Å². The lowest BCUT2D eigenvalue weighted by atomic mass is 10.3. The molecule has 2 nitrogen and oxygen atoms in total. The molecule has 0 saturated carbocycles. The zero-order chi connectivity index (χ0) is 9.78. The van der Waals surface area contributed by atoms with Crippen LogP contribution in [0, 0.1) is 0 Å². The fourth-order valence-corrected chi connectivity index (χ4v) is 0.935. The van der Waals surface area contributed by atoms with Crippen LogP contribution in [0.3, 0.4) is 0 Å². The van der Waals surface area contributed by atoms with E-state index >= 15 is 0 Å². The maximum absolute atomic E-state index is 11.0. The number of carbonyl (C=O) groups is 1. The van der Waals surface area contributed by atoms with Gasteiger partial charge < -0.3 is 4.74 Å². The van der Waals surface area contributed by atoms with E-state index in [4.69, 9.17) is 39.5 Å². The Labute approximate surface area is 93.9 Å². The summed E-state index contributed by atoms with van der Waals surface area (Å²) in [5.74, 6) is -0.213. The third kappa shape index (κ3) is 4.55. The van der Waals surface area contributed by atoms with E-state index in [-0.39, 0.29) is 0 Å². The predicted octanol–water partition coefficient (Wildman–Crippen LogP) is 2.85. The Morgan fingerprint density at radius 3 is 2.33 bits per heavy atom. The first-order valence-electron chi connectivity index (χ1n) is 2.83. The van der Waals surface area contributed by atoms with Crippen molar-refractivity contribution in [2.24, 2.45) is 0 Å². The summed E-state index contributed by atoms with van der Waals surface area (Å²) in [4.78, 5) is 11.0. The molecule has 0 aromatic carbocycles. The van der Waals surface area contributed by atoms with Gasteiger partial charge in [0, 0.05) is 6.08 Å². The zero-order valence-electron chi connectivity index (χ0n) is 6.11. The van der Waals surface area contributed by atoms with Crippen molar-refractivity contribution < 1.29 is 9.53 Å². The fourth-order valence-electron chi connectivity index (χ4n) is 0.380. The maximum atomic E-state index is 11.0. The van der Waals surface area contributed by atoms with Crippen LogP contribution < -0.4 is 0 Å². The molecule has 0 bridgehead atoms. The SMILES string of the molecule is CO/C(=C\C(=O)C(Cl)(Cl)Cl)CBr. The average molecular weight is 296 g/mol. The molecular weight excluding hydrogens is 290 g/mol. The van der Waals surface area contributed by atoms with Crippen molar-refractivity contribution in [1.82, 2.24) is 0 Å². The van der Waals surface area contributed by atoms with Crippen LogP contribution >= 0.6 is 50.7 Å². The first kappa shape index (κ1) is 12.6. The van der Waals surface area contributed by atoms with Gasteiger partial charge in [-0.3, -0.25) is 4.79 Å². The molecule has 0 saturated heterocycles. The number of allylic oxidation sites excluding steroid dienone is 2. The number of ketones is 1. The van der Waals surface area contributed by atoms with Gasteiger partial charge in [-0.1, -0.05) is 50.7 Å². The minimum atomic E-state index is -1.91. The van der Waals surface area contributed by atoms with Gasteiger partial charge in [0.1, 0.15) is 5.76 Å². The molecule has 0 heterocycles. The van der Waals surface area contributed by atoms with E-state index in [1.54, 1.807) is 0 Å². The highest BCUT2D eigenvalue weighted by atomic mass is 79.9. The Morgan fingerprint density at radius 2 is 2.08 bits per heavy atom. The molecule has 0 unspecified atom stereocenters. The van der Waals surface area contributed by atoms with Gasteiger partial charge in [0.15, 0.2) is 0 Å². The summed E-state index contributed by atoms with van der Waals surface area (Å²) in [5.41, 5.74) is 0. The molecule has 0 N–H and O–H groups in total. The van der Waals surface area contributed by atoms with Gasteiger partial charge in [0.05, 0.1) is 12.4 Å². The van der Waals surface area contributed by atoms with Crippen LogP contribution in [-0.4, -0.2) is 22.0 Å². The van der Waals surface area contributed by atoms with E-state index in [0.29, 0.717) is 11.1 Å². The highest BCUT2D eigenvalue weighted by Gasteiger charge is 2.28. The van der Waals surface area contributed by atoms with Gasteiger partial charge in [-0.2, -0.15) is 0 Å². The first-order chi connectivity index (χ1) is 5.41. The second kappa shape index (κ2) is 5.32. The van der Waals surface area contributed by atoms with E-state index < -0.39 is 9.58 Å². The largest absolute Gasteiger partial charge is 0.500 e. The minimum Gasteiger partial charge on any atom is -0.500 e. The van der Waals surface area contributed by atoms with E-state index in [0.717, 1.165) is 6.08 Å². The Bertz CT molecular complexity index is 191. The Hall–Kier alpha value is 0.560. The average Bonchev–Trinajstić information content (AvgIpc) is 1.97. The monoisotopic (exact) mass is 294 g/mol. The summed E-state index contributed by atoms with van der Waals surface area (Å²) < 4.78 is 2.87.